The van der Waals surface area contributed by atoms with E-state index in [1.54, 1.807) is 0 Å². The lowest BCUT2D eigenvalue weighted by atomic mass is 9.47. The summed E-state index contributed by atoms with van der Waals surface area (Å²) in [6.07, 6.45) is 10.8. The van der Waals surface area contributed by atoms with Gasteiger partial charge in [0.1, 0.15) is 5.78 Å². The zero-order valence-corrected chi connectivity index (χ0v) is 18.4. The molecule has 0 aromatic heterocycles. The zero-order chi connectivity index (χ0) is 21.0. The molecule has 0 heterocycles. The van der Waals surface area contributed by atoms with Gasteiger partial charge in [0, 0.05) is 23.8 Å². The summed E-state index contributed by atoms with van der Waals surface area (Å²) in [6.45, 7) is 4.69. The number of ketones is 1. The first-order chi connectivity index (χ1) is 14.3. The second-order valence-electron chi connectivity index (χ2n) is 10.9. The monoisotopic (exact) mass is 402 g/mol. The van der Waals surface area contributed by atoms with Gasteiger partial charge >= 0.3 is 0 Å². The summed E-state index contributed by atoms with van der Waals surface area (Å²) in [6, 6.07) is 10.0. The lowest BCUT2D eigenvalue weighted by Crippen LogP contribution is -2.52. The van der Waals surface area contributed by atoms with E-state index in [0.717, 1.165) is 50.5 Å². The van der Waals surface area contributed by atoms with Gasteiger partial charge in [0.25, 0.3) is 0 Å². The maximum atomic E-state index is 12.6. The average molecular weight is 403 g/mol. The van der Waals surface area contributed by atoms with E-state index in [9.17, 15) is 9.90 Å². The van der Waals surface area contributed by atoms with Crippen LogP contribution in [0.4, 0.5) is 0 Å². The Morgan fingerprint density at radius 2 is 1.80 bits per heavy atom. The van der Waals surface area contributed by atoms with Crippen molar-refractivity contribution in [3.05, 3.63) is 47.5 Å². The van der Waals surface area contributed by atoms with E-state index >= 15 is 0 Å². The van der Waals surface area contributed by atoms with Crippen LogP contribution in [0.25, 0.3) is 0 Å². The maximum absolute atomic E-state index is 12.6. The summed E-state index contributed by atoms with van der Waals surface area (Å²) >= 11 is 0. The number of fused-ring (bicyclic) bond motifs is 5. The Morgan fingerprint density at radius 1 is 1.03 bits per heavy atom. The van der Waals surface area contributed by atoms with E-state index in [2.05, 4.69) is 31.8 Å². The van der Waals surface area contributed by atoms with Crippen LogP contribution in [-0.2, 0) is 4.79 Å². The summed E-state index contributed by atoms with van der Waals surface area (Å²) in [4.78, 5) is 12.6. The number of hydrogen-bond donors (Lipinski definition) is 1. The minimum atomic E-state index is -0.702. The molecule has 158 valence electrons. The molecule has 0 spiro atoms. The van der Waals surface area contributed by atoms with Crippen LogP contribution in [0.3, 0.4) is 0 Å². The molecular weight excluding hydrogens is 368 g/mol. The molecule has 5 rings (SSSR count). The van der Waals surface area contributed by atoms with Crippen molar-refractivity contribution < 1.29 is 9.90 Å². The molecule has 4 aliphatic rings. The standard InChI is InChI=1S/C28H34O2/c1-26-17-18-28(30,15-6-9-20-7-4-3-5-8-20)19-21(26)10-11-22-23-12-13-25(29)27(23,2)16-14-24(22)26/h3-5,7-8,10,22-24,30H,11-19H2,1-2H3. The van der Waals surface area contributed by atoms with Crippen LogP contribution in [-0.4, -0.2) is 16.5 Å². The van der Waals surface area contributed by atoms with Gasteiger partial charge in [-0.2, -0.15) is 0 Å². The van der Waals surface area contributed by atoms with Gasteiger partial charge in [-0.05, 0) is 80.2 Å². The van der Waals surface area contributed by atoms with Crippen LogP contribution in [0.5, 0.6) is 0 Å². The number of aliphatic hydroxyl groups is 1. The van der Waals surface area contributed by atoms with Crippen molar-refractivity contribution in [2.24, 2.45) is 28.6 Å². The number of Topliss-reactive ketones (excluding diaryl/α,β-unsaturated/α-hetero) is 1. The van der Waals surface area contributed by atoms with Crippen molar-refractivity contribution in [3.63, 3.8) is 0 Å². The van der Waals surface area contributed by atoms with Gasteiger partial charge in [0.15, 0.2) is 0 Å². The molecule has 2 heteroatoms. The first-order valence-electron chi connectivity index (χ1n) is 11.8. The van der Waals surface area contributed by atoms with Crippen molar-refractivity contribution in [3.8, 4) is 11.8 Å². The molecule has 4 aliphatic carbocycles. The van der Waals surface area contributed by atoms with E-state index in [1.807, 2.05) is 30.3 Å². The molecule has 6 unspecified atom stereocenters. The molecule has 30 heavy (non-hydrogen) atoms. The highest BCUT2D eigenvalue weighted by Crippen LogP contribution is 2.64. The molecule has 1 aromatic rings. The van der Waals surface area contributed by atoms with Crippen molar-refractivity contribution in [1.82, 2.24) is 0 Å². The Morgan fingerprint density at radius 3 is 2.60 bits per heavy atom. The molecule has 0 aliphatic heterocycles. The van der Waals surface area contributed by atoms with Gasteiger partial charge in [-0.3, -0.25) is 4.79 Å². The number of benzene rings is 1. The maximum Gasteiger partial charge on any atom is 0.139 e. The molecule has 1 aromatic carbocycles. The van der Waals surface area contributed by atoms with Gasteiger partial charge < -0.3 is 5.11 Å². The summed E-state index contributed by atoms with van der Waals surface area (Å²) in [7, 11) is 0. The van der Waals surface area contributed by atoms with Crippen LogP contribution in [0.2, 0.25) is 0 Å². The Balaban J connectivity index is 1.34. The Kier molecular flexibility index (Phi) is 4.75. The van der Waals surface area contributed by atoms with Crippen molar-refractivity contribution >= 4 is 5.78 Å². The largest absolute Gasteiger partial charge is 0.389 e. The number of allylic oxidation sites excluding steroid dienone is 1. The second-order valence-corrected chi connectivity index (χ2v) is 10.9. The Labute approximate surface area is 181 Å². The molecule has 0 bridgehead atoms. The molecule has 0 amide bonds. The van der Waals surface area contributed by atoms with Gasteiger partial charge in [-0.25, -0.2) is 0 Å². The third-order valence-electron chi connectivity index (χ3n) is 9.39. The molecule has 6 atom stereocenters. The number of carbonyl (C=O) groups excluding carboxylic acids is 1. The normalized spacial score (nSPS) is 42.3. The molecule has 1 N–H and O–H groups in total. The van der Waals surface area contributed by atoms with Crippen molar-refractivity contribution in [1.29, 1.82) is 0 Å². The van der Waals surface area contributed by atoms with E-state index < -0.39 is 5.60 Å². The van der Waals surface area contributed by atoms with E-state index in [1.165, 1.54) is 12.0 Å². The molecule has 2 nitrogen and oxygen atoms in total. The van der Waals surface area contributed by atoms with Crippen LogP contribution < -0.4 is 0 Å². The van der Waals surface area contributed by atoms with Gasteiger partial charge in [0.2, 0.25) is 0 Å². The first kappa shape index (κ1) is 20.1. The van der Waals surface area contributed by atoms with E-state index in [-0.39, 0.29) is 10.8 Å². The smallest absolute Gasteiger partial charge is 0.139 e. The van der Waals surface area contributed by atoms with Gasteiger partial charge in [-0.1, -0.05) is 55.5 Å². The van der Waals surface area contributed by atoms with Crippen LogP contribution in [0.1, 0.15) is 77.2 Å². The predicted octanol–water partition coefficient (Wildman–Crippen LogP) is 5.69. The fourth-order valence-corrected chi connectivity index (χ4v) is 7.47. The lowest BCUT2D eigenvalue weighted by molar-refractivity contribution is -0.132. The number of carbonyl (C=O) groups is 1. The van der Waals surface area contributed by atoms with E-state index in [0.29, 0.717) is 30.0 Å². The number of hydrogen-bond acceptors (Lipinski definition) is 2. The minimum Gasteiger partial charge on any atom is -0.389 e. The summed E-state index contributed by atoms with van der Waals surface area (Å²) in [5.41, 5.74) is 1.90. The third-order valence-corrected chi connectivity index (χ3v) is 9.39. The highest BCUT2D eigenvalue weighted by molar-refractivity contribution is 5.87. The molecule has 0 saturated heterocycles. The van der Waals surface area contributed by atoms with E-state index in [4.69, 9.17) is 0 Å². The van der Waals surface area contributed by atoms with Crippen LogP contribution >= 0.6 is 0 Å². The molecule has 0 radical (unpaired) electrons. The highest BCUT2D eigenvalue weighted by Gasteiger charge is 2.59. The summed E-state index contributed by atoms with van der Waals surface area (Å²) in [5, 5.41) is 11.3. The minimum absolute atomic E-state index is 0.0642. The first-order valence-corrected chi connectivity index (χ1v) is 11.8. The molecule has 3 fully saturated rings. The zero-order valence-electron chi connectivity index (χ0n) is 18.4. The lowest BCUT2D eigenvalue weighted by Gasteiger charge is -2.58. The Bertz CT molecular complexity index is 934. The second kappa shape index (κ2) is 7.10. The fourth-order valence-electron chi connectivity index (χ4n) is 7.47. The molecule has 3 saturated carbocycles. The number of rotatable bonds is 1. The predicted molar refractivity (Wildman–Crippen MR) is 120 cm³/mol. The SMILES string of the molecule is CC12CCC3C(CC=C4CC(O)(CC#Cc5ccccc5)CCC43C)C1CCC2=O. The van der Waals surface area contributed by atoms with Crippen LogP contribution in [0, 0.1) is 40.4 Å². The Hall–Kier alpha value is -1.85. The quantitative estimate of drug-likeness (QED) is 0.484. The topological polar surface area (TPSA) is 37.3 Å². The summed E-state index contributed by atoms with van der Waals surface area (Å²) < 4.78 is 0. The average Bonchev–Trinajstić information content (AvgIpc) is 3.04. The fraction of sp³-hybridized carbons (Fsp3) is 0.607. The van der Waals surface area contributed by atoms with Crippen molar-refractivity contribution in [2.45, 2.75) is 77.2 Å². The molecular formula is C28H34O2. The third kappa shape index (κ3) is 3.09. The van der Waals surface area contributed by atoms with Gasteiger partial charge in [0.05, 0.1) is 5.60 Å². The highest BCUT2D eigenvalue weighted by atomic mass is 16.3. The summed E-state index contributed by atoms with van der Waals surface area (Å²) in [5.74, 6) is 8.86. The van der Waals surface area contributed by atoms with Crippen molar-refractivity contribution in [2.75, 3.05) is 0 Å². The van der Waals surface area contributed by atoms with Gasteiger partial charge in [-0.15, -0.1) is 0 Å². The van der Waals surface area contributed by atoms with Crippen LogP contribution in [0.15, 0.2) is 42.0 Å².